The van der Waals surface area contributed by atoms with Crippen molar-refractivity contribution in [2.45, 2.75) is 30.9 Å². The van der Waals surface area contributed by atoms with Crippen LogP contribution >= 0.6 is 27.7 Å². The fourth-order valence-corrected chi connectivity index (χ4v) is 5.28. The van der Waals surface area contributed by atoms with Crippen LogP contribution in [0, 0.1) is 24.0 Å². The van der Waals surface area contributed by atoms with Crippen molar-refractivity contribution >= 4 is 27.7 Å². The Bertz CT molecular complexity index is 1340. The Balaban J connectivity index is 1.56. The summed E-state index contributed by atoms with van der Waals surface area (Å²) < 4.78 is 13.8. The zero-order valence-electron chi connectivity index (χ0n) is 20.1. The van der Waals surface area contributed by atoms with Crippen LogP contribution in [0.25, 0.3) is 5.69 Å². The molecule has 0 aliphatic heterocycles. The summed E-state index contributed by atoms with van der Waals surface area (Å²) in [7, 11) is 1.61. The van der Waals surface area contributed by atoms with Crippen LogP contribution in [0.1, 0.15) is 27.8 Å². The monoisotopic (exact) mass is 568 g/mol. The predicted octanol–water partition coefficient (Wildman–Crippen LogP) is 6.34. The summed E-state index contributed by atoms with van der Waals surface area (Å²) in [6.45, 7) is 4.05. The molecule has 0 bridgehead atoms. The molecule has 0 saturated heterocycles. The van der Waals surface area contributed by atoms with Gasteiger partial charge < -0.3 is 9.47 Å². The van der Waals surface area contributed by atoms with Crippen molar-refractivity contribution in [3.05, 3.63) is 104 Å². The minimum atomic E-state index is -0.483. The number of thioether (sulfide) groups is 1. The first-order valence-electron chi connectivity index (χ1n) is 11.2. The number of rotatable bonds is 10. The molecular weight excluding hydrogens is 544 g/mol. The molecule has 1 heterocycles. The molecule has 4 rings (SSSR count). The van der Waals surface area contributed by atoms with E-state index in [1.807, 2.05) is 85.1 Å². The van der Waals surface area contributed by atoms with E-state index < -0.39 is 5.25 Å². The van der Waals surface area contributed by atoms with Crippen molar-refractivity contribution in [3.8, 4) is 17.2 Å². The van der Waals surface area contributed by atoms with Gasteiger partial charge in [0.1, 0.15) is 29.2 Å². The molecule has 8 nitrogen and oxygen atoms in total. The second kappa shape index (κ2) is 11.6. The topological polar surface area (TPSA) is 92.3 Å². The summed E-state index contributed by atoms with van der Waals surface area (Å²) in [6.07, 6.45) is 0. The van der Waals surface area contributed by atoms with E-state index in [0.29, 0.717) is 23.3 Å². The number of aromatic nitrogens is 3. The first-order valence-corrected chi connectivity index (χ1v) is 12.8. The average Bonchev–Trinajstić information content (AvgIpc) is 3.23. The van der Waals surface area contributed by atoms with E-state index in [1.165, 1.54) is 17.3 Å². The lowest BCUT2D eigenvalue weighted by Gasteiger charge is -2.16. The highest BCUT2D eigenvalue weighted by molar-refractivity contribution is 9.10. The highest BCUT2D eigenvalue weighted by Gasteiger charge is 2.24. The summed E-state index contributed by atoms with van der Waals surface area (Å²) in [4.78, 5) is 11.2. The van der Waals surface area contributed by atoms with Crippen LogP contribution in [-0.4, -0.2) is 33.3 Å². The number of nitrogens with zero attached hydrogens (tertiary/aromatic N) is 4. The van der Waals surface area contributed by atoms with Crippen molar-refractivity contribution < 1.29 is 14.4 Å². The SMILES string of the molecule is COc1ccc(-n2c(C)nnc2S[C@@H](C[N+](=O)[O-])c2ccc(OCc3ccc(C)cc3)c(Br)c2)cc1. The molecule has 186 valence electrons. The van der Waals surface area contributed by atoms with E-state index in [2.05, 4.69) is 26.1 Å². The summed E-state index contributed by atoms with van der Waals surface area (Å²) in [5, 5.41) is 20.1. The number of benzene rings is 3. The molecule has 0 unspecified atom stereocenters. The smallest absolute Gasteiger partial charge is 0.220 e. The predicted molar refractivity (Wildman–Crippen MR) is 143 cm³/mol. The second-order valence-electron chi connectivity index (χ2n) is 8.15. The molecule has 0 aliphatic carbocycles. The highest BCUT2D eigenvalue weighted by Crippen LogP contribution is 2.39. The van der Waals surface area contributed by atoms with Gasteiger partial charge in [0.15, 0.2) is 5.16 Å². The molecular formula is C26H25BrN4O4S. The third-order valence-electron chi connectivity index (χ3n) is 5.53. The lowest BCUT2D eigenvalue weighted by molar-refractivity contribution is -0.479. The standard InChI is InChI=1S/C26H25BrN4O4S/c1-17-4-6-19(7-5-17)16-35-24-13-8-20(14-23(24)27)25(15-30(32)33)36-26-29-28-18(2)31(26)21-9-11-22(34-3)12-10-21/h4-14,25H,15-16H2,1-3H3/t25-/m0/s1. The molecule has 10 heteroatoms. The lowest BCUT2D eigenvalue weighted by Crippen LogP contribution is -2.11. The van der Waals surface area contributed by atoms with E-state index in [9.17, 15) is 10.1 Å². The zero-order valence-corrected chi connectivity index (χ0v) is 22.5. The summed E-state index contributed by atoms with van der Waals surface area (Å²) in [6, 6.07) is 21.2. The Morgan fingerprint density at radius 3 is 2.42 bits per heavy atom. The molecule has 0 radical (unpaired) electrons. The number of ether oxygens (including phenoxy) is 2. The first kappa shape index (κ1) is 25.7. The maximum Gasteiger partial charge on any atom is 0.220 e. The van der Waals surface area contributed by atoms with Gasteiger partial charge in [-0.25, -0.2) is 0 Å². The van der Waals surface area contributed by atoms with Gasteiger partial charge in [-0.2, -0.15) is 0 Å². The van der Waals surface area contributed by atoms with Gasteiger partial charge in [-0.15, -0.1) is 10.2 Å². The summed E-state index contributed by atoms with van der Waals surface area (Å²) in [5.41, 5.74) is 3.89. The van der Waals surface area contributed by atoms with E-state index in [-0.39, 0.29) is 11.5 Å². The van der Waals surface area contributed by atoms with Crippen LogP contribution in [0.2, 0.25) is 0 Å². The number of nitro groups is 1. The largest absolute Gasteiger partial charge is 0.497 e. The van der Waals surface area contributed by atoms with Crippen LogP contribution in [0.5, 0.6) is 11.5 Å². The van der Waals surface area contributed by atoms with Gasteiger partial charge in [0.25, 0.3) is 0 Å². The van der Waals surface area contributed by atoms with E-state index in [1.54, 1.807) is 7.11 Å². The lowest BCUT2D eigenvalue weighted by atomic mass is 10.1. The zero-order chi connectivity index (χ0) is 25.7. The Morgan fingerprint density at radius 1 is 1.06 bits per heavy atom. The molecule has 0 saturated carbocycles. The molecule has 3 aromatic carbocycles. The maximum atomic E-state index is 11.5. The summed E-state index contributed by atoms with van der Waals surface area (Å²) in [5.74, 6) is 2.09. The number of methoxy groups -OCH3 is 1. The molecule has 4 aromatic rings. The van der Waals surface area contributed by atoms with Crippen molar-refractivity contribution in [2.24, 2.45) is 0 Å². The van der Waals surface area contributed by atoms with Gasteiger partial charge in [-0.3, -0.25) is 14.7 Å². The molecule has 0 N–H and O–H groups in total. The molecule has 1 atom stereocenters. The fraction of sp³-hybridized carbons (Fsp3) is 0.231. The average molecular weight is 569 g/mol. The van der Waals surface area contributed by atoms with Crippen LogP contribution < -0.4 is 9.47 Å². The van der Waals surface area contributed by atoms with E-state index >= 15 is 0 Å². The number of aryl methyl sites for hydroxylation is 2. The minimum Gasteiger partial charge on any atom is -0.497 e. The van der Waals surface area contributed by atoms with Gasteiger partial charge in [0.05, 0.1) is 11.6 Å². The Labute approximate surface area is 221 Å². The van der Waals surface area contributed by atoms with Crippen molar-refractivity contribution in [1.82, 2.24) is 14.8 Å². The molecule has 36 heavy (non-hydrogen) atoms. The third kappa shape index (κ3) is 6.24. The Hall–Kier alpha value is -3.37. The van der Waals surface area contributed by atoms with Gasteiger partial charge in [0, 0.05) is 10.6 Å². The molecule has 0 aliphatic rings. The first-order chi connectivity index (χ1) is 17.3. The van der Waals surface area contributed by atoms with E-state index in [4.69, 9.17) is 9.47 Å². The number of halogens is 1. The van der Waals surface area contributed by atoms with Crippen LogP contribution in [-0.2, 0) is 6.61 Å². The van der Waals surface area contributed by atoms with Crippen LogP contribution in [0.3, 0.4) is 0 Å². The van der Waals surface area contributed by atoms with Crippen LogP contribution in [0.15, 0.2) is 76.4 Å². The molecule has 0 amide bonds. The normalized spacial score (nSPS) is 11.8. The Kier molecular flexibility index (Phi) is 8.27. The number of hydrogen-bond donors (Lipinski definition) is 0. The maximum absolute atomic E-state index is 11.5. The number of hydrogen-bond acceptors (Lipinski definition) is 7. The third-order valence-corrected chi connectivity index (χ3v) is 7.33. The van der Waals surface area contributed by atoms with Crippen molar-refractivity contribution in [2.75, 3.05) is 13.7 Å². The quantitative estimate of drug-likeness (QED) is 0.125. The Morgan fingerprint density at radius 2 is 1.78 bits per heavy atom. The van der Waals surface area contributed by atoms with Gasteiger partial charge in [-0.1, -0.05) is 47.7 Å². The highest BCUT2D eigenvalue weighted by atomic mass is 79.9. The summed E-state index contributed by atoms with van der Waals surface area (Å²) >= 11 is 4.88. The van der Waals surface area contributed by atoms with E-state index in [0.717, 1.165) is 27.0 Å². The van der Waals surface area contributed by atoms with Gasteiger partial charge in [-0.05, 0) is 77.3 Å². The van der Waals surface area contributed by atoms with Crippen molar-refractivity contribution in [3.63, 3.8) is 0 Å². The molecule has 0 spiro atoms. The second-order valence-corrected chi connectivity index (χ2v) is 10.2. The fourth-order valence-electron chi connectivity index (χ4n) is 3.60. The van der Waals surface area contributed by atoms with Crippen molar-refractivity contribution in [1.29, 1.82) is 0 Å². The van der Waals surface area contributed by atoms with Gasteiger partial charge >= 0.3 is 0 Å². The van der Waals surface area contributed by atoms with Gasteiger partial charge in [0.2, 0.25) is 6.54 Å². The molecule has 0 fully saturated rings. The van der Waals surface area contributed by atoms with Crippen LogP contribution in [0.4, 0.5) is 0 Å². The molecule has 1 aromatic heterocycles. The minimum absolute atomic E-state index is 0.269.